The molecule has 1 heteroatoms. The fourth-order valence-corrected chi connectivity index (χ4v) is 8.71. The van der Waals surface area contributed by atoms with Gasteiger partial charge in [0.25, 0.3) is 0 Å². The van der Waals surface area contributed by atoms with Crippen LogP contribution in [-0.4, -0.2) is 0 Å². The molecule has 1 nitrogen and oxygen atoms in total. The molecule has 0 saturated heterocycles. The molecule has 0 radical (unpaired) electrons. The van der Waals surface area contributed by atoms with E-state index < -0.39 is 0 Å². The summed E-state index contributed by atoms with van der Waals surface area (Å²) in [5, 5.41) is 4.94. The highest BCUT2D eigenvalue weighted by molar-refractivity contribution is 6.05. The third-order valence-electron chi connectivity index (χ3n) is 11.3. The fraction of sp³-hybridized carbons (Fsp3) is 0.0385. The van der Waals surface area contributed by atoms with Crippen molar-refractivity contribution in [2.75, 3.05) is 4.90 Å². The lowest BCUT2D eigenvalue weighted by Gasteiger charge is -2.32. The van der Waals surface area contributed by atoms with Gasteiger partial charge in [0.15, 0.2) is 0 Å². The van der Waals surface area contributed by atoms with Crippen molar-refractivity contribution in [3.05, 3.63) is 223 Å². The maximum absolute atomic E-state index is 2.52. The molecule has 0 heterocycles. The minimum Gasteiger partial charge on any atom is -0.309 e. The zero-order valence-electron chi connectivity index (χ0n) is 29.6. The van der Waals surface area contributed by atoms with Crippen molar-refractivity contribution in [3.8, 4) is 33.4 Å². The van der Waals surface area contributed by atoms with Crippen molar-refractivity contribution in [1.82, 2.24) is 0 Å². The van der Waals surface area contributed by atoms with Gasteiger partial charge >= 0.3 is 0 Å². The molecule has 9 aromatic carbocycles. The van der Waals surface area contributed by atoms with Crippen LogP contribution in [0.5, 0.6) is 0 Å². The van der Waals surface area contributed by atoms with Crippen LogP contribution in [-0.2, 0) is 5.41 Å². The van der Waals surface area contributed by atoms with Gasteiger partial charge in [-0.15, -0.1) is 0 Å². The van der Waals surface area contributed by atoms with E-state index in [9.17, 15) is 0 Å². The van der Waals surface area contributed by atoms with Gasteiger partial charge in [0.1, 0.15) is 0 Å². The number of hydrogen-bond donors (Lipinski definition) is 0. The van der Waals surface area contributed by atoms with Gasteiger partial charge in [0, 0.05) is 21.9 Å². The van der Waals surface area contributed by atoms with Crippen LogP contribution in [0.4, 0.5) is 17.1 Å². The molecular weight excluding hydrogens is 639 g/mol. The normalized spacial score (nSPS) is 14.6. The Morgan fingerprint density at radius 1 is 0.358 bits per heavy atom. The largest absolute Gasteiger partial charge is 0.309 e. The number of para-hydroxylation sites is 1. The number of hydrogen-bond acceptors (Lipinski definition) is 1. The van der Waals surface area contributed by atoms with E-state index >= 15 is 0 Å². The summed E-state index contributed by atoms with van der Waals surface area (Å²) in [6.07, 6.45) is 0. The average molecular weight is 676 g/mol. The van der Waals surface area contributed by atoms with E-state index in [1.54, 1.807) is 0 Å². The summed E-state index contributed by atoms with van der Waals surface area (Å²) < 4.78 is 0. The molecule has 0 aromatic heterocycles. The van der Waals surface area contributed by atoms with E-state index in [0.29, 0.717) is 0 Å². The maximum atomic E-state index is 2.52. The van der Waals surface area contributed by atoms with Crippen molar-refractivity contribution in [3.63, 3.8) is 0 Å². The summed E-state index contributed by atoms with van der Waals surface area (Å²) in [7, 11) is 0. The average Bonchev–Trinajstić information content (AvgIpc) is 3.50. The molecule has 0 bridgehead atoms. The molecular formula is C52H37N. The van der Waals surface area contributed by atoms with E-state index in [1.807, 2.05) is 0 Å². The van der Waals surface area contributed by atoms with Gasteiger partial charge < -0.3 is 4.90 Å². The molecule has 0 fully saturated rings. The van der Waals surface area contributed by atoms with Crippen LogP contribution in [0, 0.1) is 0 Å². The Bertz CT molecular complexity index is 2790. The Balaban J connectivity index is 1.19. The summed E-state index contributed by atoms with van der Waals surface area (Å²) in [6.45, 7) is 2.39. The molecule has 1 atom stereocenters. The number of benzene rings is 9. The summed E-state index contributed by atoms with van der Waals surface area (Å²) >= 11 is 0. The third kappa shape index (κ3) is 5.00. The van der Waals surface area contributed by atoms with E-state index in [0.717, 1.165) is 11.4 Å². The number of fused-ring (bicyclic) bond motifs is 5. The zero-order chi connectivity index (χ0) is 35.4. The second kappa shape index (κ2) is 12.5. The van der Waals surface area contributed by atoms with Gasteiger partial charge in [-0.3, -0.25) is 0 Å². The van der Waals surface area contributed by atoms with Crippen LogP contribution in [0.2, 0.25) is 0 Å². The Morgan fingerprint density at radius 2 is 0.925 bits per heavy atom. The van der Waals surface area contributed by atoms with Crippen LogP contribution in [0.25, 0.3) is 54.9 Å². The summed E-state index contributed by atoms with van der Waals surface area (Å²) in [4.78, 5) is 2.52. The van der Waals surface area contributed by atoms with Crippen molar-refractivity contribution in [1.29, 1.82) is 0 Å². The highest BCUT2D eigenvalue weighted by Crippen LogP contribution is 2.57. The molecule has 9 aromatic rings. The lowest BCUT2D eigenvalue weighted by molar-refractivity contribution is 0.714. The zero-order valence-corrected chi connectivity index (χ0v) is 29.6. The molecule has 0 saturated carbocycles. The first-order valence-electron chi connectivity index (χ1n) is 18.4. The van der Waals surface area contributed by atoms with E-state index in [-0.39, 0.29) is 5.41 Å². The van der Waals surface area contributed by atoms with Crippen molar-refractivity contribution < 1.29 is 0 Å². The minimum atomic E-state index is -0.300. The molecule has 250 valence electrons. The lowest BCUT2D eigenvalue weighted by Crippen LogP contribution is -2.22. The van der Waals surface area contributed by atoms with Crippen LogP contribution >= 0.6 is 0 Å². The maximum Gasteiger partial charge on any atom is 0.0543 e. The topological polar surface area (TPSA) is 3.24 Å². The molecule has 1 aliphatic carbocycles. The molecule has 1 unspecified atom stereocenters. The summed E-state index contributed by atoms with van der Waals surface area (Å²) in [5.41, 5.74) is 14.5. The first kappa shape index (κ1) is 31.1. The predicted molar refractivity (Wildman–Crippen MR) is 224 cm³/mol. The van der Waals surface area contributed by atoms with Crippen molar-refractivity contribution in [2.24, 2.45) is 0 Å². The van der Waals surface area contributed by atoms with Crippen LogP contribution in [0.1, 0.15) is 23.6 Å². The highest BCUT2D eigenvalue weighted by atomic mass is 15.1. The van der Waals surface area contributed by atoms with Crippen LogP contribution < -0.4 is 4.90 Å². The predicted octanol–water partition coefficient (Wildman–Crippen LogP) is 14.1. The first-order valence-corrected chi connectivity index (χ1v) is 18.4. The Labute approximate surface area is 311 Å². The van der Waals surface area contributed by atoms with Gasteiger partial charge in [0.05, 0.1) is 17.1 Å². The lowest BCUT2D eigenvalue weighted by atomic mass is 9.74. The summed E-state index contributed by atoms with van der Waals surface area (Å²) in [6, 6.07) is 75.6. The molecule has 0 aliphatic heterocycles. The van der Waals surface area contributed by atoms with E-state index in [4.69, 9.17) is 0 Å². The molecule has 53 heavy (non-hydrogen) atoms. The van der Waals surface area contributed by atoms with Crippen LogP contribution in [0.15, 0.2) is 206 Å². The Hall–Kier alpha value is -6.70. The minimum absolute atomic E-state index is 0.300. The molecule has 0 spiro atoms. The quantitative estimate of drug-likeness (QED) is 0.170. The molecule has 0 N–H and O–H groups in total. The molecule has 10 rings (SSSR count). The SMILES string of the molecule is CC1(c2ccccc2)c2ccccc2-c2c(N(c3ccccc3-c3ccc(-c4ccc5ccccc5c4)cc3)c3cccc4ccccc34)cccc21. The second-order valence-electron chi connectivity index (χ2n) is 14.2. The van der Waals surface area contributed by atoms with Crippen molar-refractivity contribution >= 4 is 38.6 Å². The number of nitrogens with zero attached hydrogens (tertiary/aromatic N) is 1. The highest BCUT2D eigenvalue weighted by Gasteiger charge is 2.42. The first-order chi connectivity index (χ1) is 26.2. The van der Waals surface area contributed by atoms with Gasteiger partial charge in [-0.05, 0) is 86.3 Å². The standard InChI is InChI=1S/C52H37N/c1-52(42-19-3-2-4-20-42)46-24-11-9-23-45(46)51-47(52)25-14-28-50(51)53(49-27-13-18-38-16-7-8-21-43(38)49)48-26-12-10-22-44(48)39-32-29-37(30-33-39)41-34-31-36-15-5-6-17-40(36)35-41/h2-35H,1H3. The fourth-order valence-electron chi connectivity index (χ4n) is 8.71. The Kier molecular flexibility index (Phi) is 7.33. The monoisotopic (exact) mass is 675 g/mol. The van der Waals surface area contributed by atoms with Gasteiger partial charge in [0.2, 0.25) is 0 Å². The number of anilines is 3. The van der Waals surface area contributed by atoms with Crippen molar-refractivity contribution in [2.45, 2.75) is 12.3 Å². The van der Waals surface area contributed by atoms with Crippen LogP contribution in [0.3, 0.4) is 0 Å². The van der Waals surface area contributed by atoms with E-state index in [1.165, 1.54) is 77.3 Å². The number of rotatable bonds is 6. The smallest absolute Gasteiger partial charge is 0.0543 e. The second-order valence-corrected chi connectivity index (χ2v) is 14.2. The van der Waals surface area contributed by atoms with Gasteiger partial charge in [-0.25, -0.2) is 0 Å². The molecule has 0 amide bonds. The van der Waals surface area contributed by atoms with E-state index in [2.05, 4.69) is 218 Å². The Morgan fingerprint density at radius 3 is 1.77 bits per heavy atom. The molecule has 1 aliphatic rings. The van der Waals surface area contributed by atoms with Gasteiger partial charge in [-0.1, -0.05) is 182 Å². The van der Waals surface area contributed by atoms with Gasteiger partial charge in [-0.2, -0.15) is 0 Å². The third-order valence-corrected chi connectivity index (χ3v) is 11.3. The summed E-state index contributed by atoms with van der Waals surface area (Å²) in [5.74, 6) is 0.